The van der Waals surface area contributed by atoms with Gasteiger partial charge in [-0.05, 0) is 85.5 Å². The summed E-state index contributed by atoms with van der Waals surface area (Å²) in [6, 6.07) is 35.6. The number of nitrogens with zero attached hydrogens (tertiary/aromatic N) is 1. The number of ether oxygens (including phenoxy) is 1. The van der Waals surface area contributed by atoms with Crippen LogP contribution in [-0.4, -0.2) is 40.6 Å². The number of rotatable bonds is 11. The van der Waals surface area contributed by atoms with Gasteiger partial charge >= 0.3 is 0 Å². The fourth-order valence-electron chi connectivity index (χ4n) is 6.33. The lowest BCUT2D eigenvalue weighted by Crippen LogP contribution is -2.51. The number of amides is 1. The molecule has 5 nitrogen and oxygen atoms in total. The van der Waals surface area contributed by atoms with Gasteiger partial charge in [-0.25, -0.2) is 0 Å². The second-order valence-corrected chi connectivity index (χ2v) is 12.1. The molecule has 0 bridgehead atoms. The van der Waals surface area contributed by atoms with Gasteiger partial charge in [0.2, 0.25) is 5.91 Å². The van der Waals surface area contributed by atoms with Gasteiger partial charge in [0.15, 0.2) is 0 Å². The standard InChI is InChI=1S/C37H42N2O3/c1-36(2,21-22-37(35(38)41,31-14-5-3-6-15-31)32-16-7-4-8-17-32)39-23-19-34(20-24-39)42-27-28-11-9-12-29(25-28)30-13-10-18-33(40)26-30/h3-18,25-26,34,40H,19-24,27H2,1-2H3,(H2,38,41). The van der Waals surface area contributed by atoms with Crippen LogP contribution in [-0.2, 0) is 21.6 Å². The number of benzene rings is 4. The summed E-state index contributed by atoms with van der Waals surface area (Å²) in [5, 5.41) is 9.85. The van der Waals surface area contributed by atoms with Crippen molar-refractivity contribution in [2.45, 2.75) is 63.2 Å². The van der Waals surface area contributed by atoms with Crippen LogP contribution in [0.5, 0.6) is 5.75 Å². The van der Waals surface area contributed by atoms with Crippen molar-refractivity contribution in [2.75, 3.05) is 13.1 Å². The highest BCUT2D eigenvalue weighted by Crippen LogP contribution is 2.40. The van der Waals surface area contributed by atoms with Crippen molar-refractivity contribution in [2.24, 2.45) is 5.73 Å². The Labute approximate surface area is 250 Å². The molecule has 5 rings (SSSR count). The van der Waals surface area contributed by atoms with E-state index in [1.54, 1.807) is 12.1 Å². The van der Waals surface area contributed by atoms with Crippen molar-refractivity contribution in [3.05, 3.63) is 126 Å². The van der Waals surface area contributed by atoms with Crippen molar-refractivity contribution in [3.8, 4) is 16.9 Å². The first-order valence-electron chi connectivity index (χ1n) is 14.9. The number of phenols is 1. The van der Waals surface area contributed by atoms with E-state index < -0.39 is 5.41 Å². The van der Waals surface area contributed by atoms with E-state index in [0.717, 1.165) is 60.2 Å². The second kappa shape index (κ2) is 12.9. The number of primary amides is 1. The number of likely N-dealkylation sites (tertiary alicyclic amines) is 1. The lowest BCUT2D eigenvalue weighted by Gasteiger charge is -2.44. The van der Waals surface area contributed by atoms with E-state index in [4.69, 9.17) is 10.5 Å². The molecule has 0 aromatic heterocycles. The summed E-state index contributed by atoms with van der Waals surface area (Å²) in [5.74, 6) is -0.0415. The normalized spacial score (nSPS) is 15.0. The molecule has 1 heterocycles. The van der Waals surface area contributed by atoms with E-state index in [2.05, 4.69) is 36.9 Å². The van der Waals surface area contributed by atoms with Crippen LogP contribution in [0, 0.1) is 0 Å². The molecular formula is C37H42N2O3. The molecule has 42 heavy (non-hydrogen) atoms. The number of hydrogen-bond acceptors (Lipinski definition) is 4. The maximum Gasteiger partial charge on any atom is 0.232 e. The monoisotopic (exact) mass is 562 g/mol. The predicted molar refractivity (Wildman–Crippen MR) is 169 cm³/mol. The number of piperidine rings is 1. The summed E-state index contributed by atoms with van der Waals surface area (Å²) in [6.07, 6.45) is 3.60. The van der Waals surface area contributed by atoms with E-state index in [1.165, 1.54) is 0 Å². The van der Waals surface area contributed by atoms with Gasteiger partial charge in [-0.1, -0.05) is 91.0 Å². The Morgan fingerprint density at radius 2 is 1.38 bits per heavy atom. The quantitative estimate of drug-likeness (QED) is 0.205. The largest absolute Gasteiger partial charge is 0.508 e. The molecule has 0 spiro atoms. The topological polar surface area (TPSA) is 75.8 Å². The summed E-state index contributed by atoms with van der Waals surface area (Å²) < 4.78 is 6.37. The van der Waals surface area contributed by atoms with E-state index in [1.807, 2.05) is 78.9 Å². The second-order valence-electron chi connectivity index (χ2n) is 12.1. The molecule has 0 aliphatic carbocycles. The molecule has 1 saturated heterocycles. The van der Waals surface area contributed by atoms with Crippen LogP contribution in [0.25, 0.3) is 11.1 Å². The average Bonchev–Trinajstić information content (AvgIpc) is 3.01. The third-order valence-electron chi connectivity index (χ3n) is 8.96. The van der Waals surface area contributed by atoms with Crippen molar-refractivity contribution >= 4 is 5.91 Å². The van der Waals surface area contributed by atoms with E-state index in [9.17, 15) is 9.90 Å². The minimum atomic E-state index is -0.881. The van der Waals surface area contributed by atoms with E-state index >= 15 is 0 Å². The van der Waals surface area contributed by atoms with Crippen LogP contribution >= 0.6 is 0 Å². The van der Waals surface area contributed by atoms with E-state index in [-0.39, 0.29) is 23.3 Å². The summed E-state index contributed by atoms with van der Waals surface area (Å²) in [5.41, 5.74) is 10.3. The molecule has 218 valence electrons. The molecule has 4 aromatic carbocycles. The van der Waals surface area contributed by atoms with Gasteiger partial charge in [-0.15, -0.1) is 0 Å². The highest BCUT2D eigenvalue weighted by Gasteiger charge is 2.42. The van der Waals surface area contributed by atoms with Crippen LogP contribution in [0.2, 0.25) is 0 Å². The highest BCUT2D eigenvalue weighted by molar-refractivity contribution is 5.90. The number of aromatic hydroxyl groups is 1. The van der Waals surface area contributed by atoms with Crippen molar-refractivity contribution < 1.29 is 14.6 Å². The number of carbonyl (C=O) groups excluding carboxylic acids is 1. The summed E-state index contributed by atoms with van der Waals surface area (Å²) in [6.45, 7) is 7.02. The first-order chi connectivity index (χ1) is 20.3. The molecule has 1 aliphatic heterocycles. The number of nitrogens with two attached hydrogens (primary N) is 1. The number of hydrogen-bond donors (Lipinski definition) is 2. The van der Waals surface area contributed by atoms with Gasteiger partial charge in [0.1, 0.15) is 5.75 Å². The summed E-state index contributed by atoms with van der Waals surface area (Å²) >= 11 is 0. The number of phenolic OH excluding ortho intramolecular Hbond substituents is 1. The Kier molecular flexibility index (Phi) is 9.10. The molecular weight excluding hydrogens is 520 g/mol. The van der Waals surface area contributed by atoms with Crippen LogP contribution in [0.3, 0.4) is 0 Å². The zero-order chi connectivity index (χ0) is 29.6. The Hall–Kier alpha value is -3.93. The molecule has 1 fully saturated rings. The number of carbonyl (C=O) groups is 1. The van der Waals surface area contributed by atoms with E-state index in [0.29, 0.717) is 13.0 Å². The molecule has 1 aliphatic rings. The Balaban J connectivity index is 1.21. The maximum absolute atomic E-state index is 13.2. The minimum absolute atomic E-state index is 0.106. The molecule has 0 radical (unpaired) electrons. The van der Waals surface area contributed by atoms with Gasteiger partial charge in [-0.2, -0.15) is 0 Å². The molecule has 0 atom stereocenters. The fourth-order valence-corrected chi connectivity index (χ4v) is 6.33. The lowest BCUT2D eigenvalue weighted by atomic mass is 9.69. The lowest BCUT2D eigenvalue weighted by molar-refractivity contribution is -0.122. The van der Waals surface area contributed by atoms with Gasteiger partial charge in [0.05, 0.1) is 18.1 Å². The Bertz CT molecular complexity index is 1420. The minimum Gasteiger partial charge on any atom is -0.508 e. The molecule has 3 N–H and O–H groups in total. The zero-order valence-electron chi connectivity index (χ0n) is 24.7. The molecule has 0 saturated carbocycles. The van der Waals surface area contributed by atoms with Crippen LogP contribution < -0.4 is 5.73 Å². The average molecular weight is 563 g/mol. The molecule has 0 unspecified atom stereocenters. The van der Waals surface area contributed by atoms with Crippen molar-refractivity contribution in [1.82, 2.24) is 4.90 Å². The van der Waals surface area contributed by atoms with Gasteiger partial charge < -0.3 is 15.6 Å². The van der Waals surface area contributed by atoms with Gasteiger partial charge in [0.25, 0.3) is 0 Å². The maximum atomic E-state index is 13.2. The highest BCUT2D eigenvalue weighted by atomic mass is 16.5. The van der Waals surface area contributed by atoms with Gasteiger partial charge in [-0.3, -0.25) is 9.69 Å². The predicted octanol–water partition coefficient (Wildman–Crippen LogP) is 7.07. The third kappa shape index (κ3) is 6.59. The fraction of sp³-hybridized carbons (Fsp3) is 0.324. The molecule has 1 amide bonds. The Morgan fingerprint density at radius 3 is 1.95 bits per heavy atom. The first kappa shape index (κ1) is 29.6. The molecule has 5 heteroatoms. The first-order valence-corrected chi connectivity index (χ1v) is 14.9. The smallest absolute Gasteiger partial charge is 0.232 e. The van der Waals surface area contributed by atoms with Crippen molar-refractivity contribution in [1.29, 1.82) is 0 Å². The third-order valence-corrected chi connectivity index (χ3v) is 8.96. The molecule has 4 aromatic rings. The SMILES string of the molecule is CC(C)(CCC(C(N)=O)(c1ccccc1)c1ccccc1)N1CCC(OCc2cccc(-c3cccc(O)c3)c2)CC1. The summed E-state index contributed by atoms with van der Waals surface area (Å²) in [7, 11) is 0. The van der Waals surface area contributed by atoms with Crippen LogP contribution in [0.1, 0.15) is 56.2 Å². The Morgan fingerprint density at radius 1 is 0.810 bits per heavy atom. The van der Waals surface area contributed by atoms with Crippen LogP contribution in [0.15, 0.2) is 109 Å². The summed E-state index contributed by atoms with van der Waals surface area (Å²) in [4.78, 5) is 15.8. The van der Waals surface area contributed by atoms with Gasteiger partial charge in [0, 0.05) is 18.6 Å². The zero-order valence-corrected chi connectivity index (χ0v) is 24.7. The van der Waals surface area contributed by atoms with Crippen LogP contribution in [0.4, 0.5) is 0 Å². The van der Waals surface area contributed by atoms with Crippen molar-refractivity contribution in [3.63, 3.8) is 0 Å².